The number of cyclic esters (lactones) is 1. The molecule has 4 heterocycles. The third-order valence-corrected chi connectivity index (χ3v) is 6.90. The molecule has 1 amide bonds. The van der Waals surface area contributed by atoms with Gasteiger partial charge in [-0.3, -0.25) is 19.2 Å². The molecule has 0 aliphatic carbocycles. The number of amides is 1. The number of carbonyl (C=O) groups excluding carboxylic acids is 3. The SMILES string of the molecule is CCC1(OC(=O)CNC(=O)CCCC(=O)O)C(=O)OCc2c1cc1n(c2=O)Cc2cc3ccccc3nc2-1. The minimum absolute atomic E-state index is 0.00195. The van der Waals surface area contributed by atoms with Crippen LogP contribution in [0.4, 0.5) is 0 Å². The van der Waals surface area contributed by atoms with E-state index in [1.54, 1.807) is 17.6 Å². The van der Waals surface area contributed by atoms with E-state index in [4.69, 9.17) is 19.6 Å². The van der Waals surface area contributed by atoms with Gasteiger partial charge in [0, 0.05) is 29.4 Å². The molecule has 2 aromatic heterocycles. The van der Waals surface area contributed by atoms with Crippen LogP contribution in [0.3, 0.4) is 0 Å². The number of fused-ring (bicyclic) bond motifs is 5. The van der Waals surface area contributed by atoms with Crippen LogP contribution in [0.25, 0.3) is 22.3 Å². The van der Waals surface area contributed by atoms with E-state index in [2.05, 4.69) is 5.32 Å². The summed E-state index contributed by atoms with van der Waals surface area (Å²) >= 11 is 0. The Bertz CT molecular complexity index is 1560. The van der Waals surface area contributed by atoms with Gasteiger partial charge in [-0.2, -0.15) is 0 Å². The van der Waals surface area contributed by atoms with Crippen molar-refractivity contribution in [3.8, 4) is 11.4 Å². The number of benzene rings is 1. The number of hydrogen-bond acceptors (Lipinski definition) is 8. The second kappa shape index (κ2) is 9.73. The molecule has 0 bridgehead atoms. The molecular weight excluding hydrogens is 494 g/mol. The van der Waals surface area contributed by atoms with Gasteiger partial charge in [-0.25, -0.2) is 9.78 Å². The van der Waals surface area contributed by atoms with Gasteiger partial charge in [0.2, 0.25) is 11.5 Å². The van der Waals surface area contributed by atoms with Gasteiger partial charge in [0.25, 0.3) is 5.56 Å². The van der Waals surface area contributed by atoms with Crippen molar-refractivity contribution >= 4 is 34.7 Å². The number of esters is 2. The number of pyridine rings is 2. The Balaban J connectivity index is 1.46. The van der Waals surface area contributed by atoms with Crippen LogP contribution in [0.5, 0.6) is 0 Å². The fourth-order valence-electron chi connectivity index (χ4n) is 4.97. The van der Waals surface area contributed by atoms with Crippen LogP contribution in [0.2, 0.25) is 0 Å². The quantitative estimate of drug-likeness (QED) is 0.333. The Morgan fingerprint density at radius 3 is 2.74 bits per heavy atom. The summed E-state index contributed by atoms with van der Waals surface area (Å²) in [5.41, 5.74) is 1.00. The number of rotatable bonds is 8. The molecule has 2 aliphatic rings. The first-order valence-electron chi connectivity index (χ1n) is 12.3. The summed E-state index contributed by atoms with van der Waals surface area (Å²) in [6.07, 6.45) is -0.132. The predicted octanol–water partition coefficient (Wildman–Crippen LogP) is 2.00. The zero-order valence-electron chi connectivity index (χ0n) is 20.6. The van der Waals surface area contributed by atoms with E-state index in [-0.39, 0.29) is 49.0 Å². The lowest BCUT2D eigenvalue weighted by molar-refractivity contribution is -0.189. The topological polar surface area (TPSA) is 154 Å². The summed E-state index contributed by atoms with van der Waals surface area (Å²) in [4.78, 5) is 66.7. The number of ether oxygens (including phenoxy) is 2. The summed E-state index contributed by atoms with van der Waals surface area (Å²) in [6, 6.07) is 11.3. The average molecular weight is 520 g/mol. The predicted molar refractivity (Wildman–Crippen MR) is 133 cm³/mol. The van der Waals surface area contributed by atoms with Gasteiger partial charge in [-0.1, -0.05) is 25.1 Å². The largest absolute Gasteiger partial charge is 0.481 e. The molecule has 1 atom stereocenters. The summed E-state index contributed by atoms with van der Waals surface area (Å²) in [5.74, 6) is -3.24. The average Bonchev–Trinajstić information content (AvgIpc) is 3.25. The molecule has 196 valence electrons. The van der Waals surface area contributed by atoms with E-state index in [0.29, 0.717) is 17.9 Å². The van der Waals surface area contributed by atoms with Crippen molar-refractivity contribution in [2.75, 3.05) is 6.54 Å². The number of hydrogen-bond donors (Lipinski definition) is 2. The maximum absolute atomic E-state index is 13.5. The van der Waals surface area contributed by atoms with E-state index in [1.165, 1.54) is 0 Å². The van der Waals surface area contributed by atoms with Crippen LogP contribution in [0.15, 0.2) is 41.2 Å². The lowest BCUT2D eigenvalue weighted by Crippen LogP contribution is -2.48. The highest BCUT2D eigenvalue weighted by molar-refractivity contribution is 5.89. The van der Waals surface area contributed by atoms with Gasteiger partial charge in [0.05, 0.1) is 29.0 Å². The standard InChI is InChI=1S/C27H25N3O8/c1-2-27(38-23(34)12-28-21(31)8-5-9-22(32)33)18-11-20-24-16(10-15-6-3-4-7-19(15)29-24)13-30(20)25(35)17(18)14-37-26(27)36/h3-4,6-7,10-11H,2,5,8-9,12-14H2,1H3,(H,28,31)(H,32,33). The van der Waals surface area contributed by atoms with Gasteiger partial charge in [-0.05, 0) is 31.0 Å². The first kappa shape index (κ1) is 25.1. The number of aromatic nitrogens is 2. The van der Waals surface area contributed by atoms with E-state index >= 15 is 0 Å². The fourth-order valence-corrected chi connectivity index (χ4v) is 4.97. The molecule has 0 spiro atoms. The third-order valence-electron chi connectivity index (χ3n) is 6.90. The second-order valence-corrected chi connectivity index (χ2v) is 9.26. The van der Waals surface area contributed by atoms with Crippen molar-refractivity contribution in [3.63, 3.8) is 0 Å². The van der Waals surface area contributed by atoms with Crippen LogP contribution in [0, 0.1) is 0 Å². The Morgan fingerprint density at radius 1 is 1.18 bits per heavy atom. The second-order valence-electron chi connectivity index (χ2n) is 9.26. The first-order valence-corrected chi connectivity index (χ1v) is 12.3. The fraction of sp³-hybridized carbons (Fsp3) is 0.333. The van der Waals surface area contributed by atoms with E-state index in [1.807, 2.05) is 30.3 Å². The molecule has 11 heteroatoms. The van der Waals surface area contributed by atoms with Crippen molar-refractivity contribution in [2.45, 2.75) is 51.4 Å². The number of carboxylic acids is 1. The smallest absolute Gasteiger partial charge is 0.355 e. The molecule has 2 aliphatic heterocycles. The number of aliphatic carboxylic acids is 1. The minimum atomic E-state index is -1.87. The van der Waals surface area contributed by atoms with Crippen LogP contribution in [-0.2, 0) is 47.4 Å². The van der Waals surface area contributed by atoms with Crippen LogP contribution >= 0.6 is 0 Å². The first-order chi connectivity index (χ1) is 18.2. The summed E-state index contributed by atoms with van der Waals surface area (Å²) in [5, 5.41) is 12.0. The molecule has 3 aromatic rings. The van der Waals surface area contributed by atoms with Gasteiger partial charge in [0.1, 0.15) is 13.2 Å². The van der Waals surface area contributed by atoms with Crippen molar-refractivity contribution in [1.29, 1.82) is 0 Å². The van der Waals surface area contributed by atoms with E-state index < -0.39 is 36.0 Å². The number of carboxylic acid groups (broad SMARTS) is 1. The molecule has 1 aromatic carbocycles. The highest BCUT2D eigenvalue weighted by Gasteiger charge is 2.50. The number of nitrogens with one attached hydrogen (secondary N) is 1. The minimum Gasteiger partial charge on any atom is -0.481 e. The van der Waals surface area contributed by atoms with Crippen LogP contribution < -0.4 is 10.9 Å². The van der Waals surface area contributed by atoms with Crippen LogP contribution in [0.1, 0.15) is 49.3 Å². The Morgan fingerprint density at radius 2 is 1.97 bits per heavy atom. The number of carbonyl (C=O) groups is 4. The molecule has 1 unspecified atom stereocenters. The monoisotopic (exact) mass is 519 g/mol. The van der Waals surface area contributed by atoms with Gasteiger partial charge < -0.3 is 24.5 Å². The van der Waals surface area contributed by atoms with Crippen molar-refractivity contribution < 1.29 is 33.8 Å². The summed E-state index contributed by atoms with van der Waals surface area (Å²) < 4.78 is 12.5. The normalized spacial score (nSPS) is 17.2. The molecular formula is C27H25N3O8. The Labute approximate surface area is 216 Å². The molecule has 11 nitrogen and oxygen atoms in total. The molecule has 2 N–H and O–H groups in total. The molecule has 38 heavy (non-hydrogen) atoms. The molecule has 5 rings (SSSR count). The Hall–Kier alpha value is -4.54. The van der Waals surface area contributed by atoms with Crippen molar-refractivity contribution in [1.82, 2.24) is 14.9 Å². The van der Waals surface area contributed by atoms with E-state index in [0.717, 1.165) is 16.5 Å². The molecule has 0 saturated heterocycles. The third kappa shape index (κ3) is 4.29. The van der Waals surface area contributed by atoms with Crippen molar-refractivity contribution in [2.24, 2.45) is 0 Å². The zero-order chi connectivity index (χ0) is 27.0. The summed E-state index contributed by atoms with van der Waals surface area (Å²) in [7, 11) is 0. The van der Waals surface area contributed by atoms with Crippen molar-refractivity contribution in [3.05, 3.63) is 63.4 Å². The van der Waals surface area contributed by atoms with E-state index in [9.17, 15) is 24.0 Å². The number of para-hydroxylation sites is 1. The molecule has 0 saturated carbocycles. The summed E-state index contributed by atoms with van der Waals surface area (Å²) in [6.45, 7) is 1.17. The number of nitrogens with zero attached hydrogens (tertiary/aromatic N) is 2. The highest BCUT2D eigenvalue weighted by atomic mass is 16.6. The molecule has 0 radical (unpaired) electrons. The van der Waals surface area contributed by atoms with Gasteiger partial charge >= 0.3 is 17.9 Å². The zero-order valence-corrected chi connectivity index (χ0v) is 20.6. The lowest BCUT2D eigenvalue weighted by Gasteiger charge is -2.35. The Kier molecular flexibility index (Phi) is 6.43. The van der Waals surface area contributed by atoms with Crippen LogP contribution in [-0.4, -0.2) is 45.0 Å². The maximum Gasteiger partial charge on any atom is 0.355 e. The maximum atomic E-state index is 13.5. The molecule has 0 fully saturated rings. The van der Waals surface area contributed by atoms with Gasteiger partial charge in [-0.15, -0.1) is 0 Å². The highest BCUT2D eigenvalue weighted by Crippen LogP contribution is 2.40. The lowest BCUT2D eigenvalue weighted by atomic mass is 9.85. The van der Waals surface area contributed by atoms with Gasteiger partial charge in [0.15, 0.2) is 0 Å².